The minimum Gasteiger partial charge on any atom is -0.395 e. The summed E-state index contributed by atoms with van der Waals surface area (Å²) < 4.78 is 0. The van der Waals surface area contributed by atoms with Crippen molar-refractivity contribution in [2.75, 3.05) is 74.8 Å². The topological polar surface area (TPSA) is 70.4 Å². The van der Waals surface area contributed by atoms with Crippen LogP contribution in [0.15, 0.2) is 72.8 Å². The molecule has 36 heavy (non-hydrogen) atoms. The summed E-state index contributed by atoms with van der Waals surface area (Å²) in [6.45, 7) is 4.88. The lowest BCUT2D eigenvalue weighted by Gasteiger charge is -2.26. The van der Waals surface area contributed by atoms with Crippen LogP contribution < -0.4 is 14.7 Å². The van der Waals surface area contributed by atoms with Crippen LogP contribution in [0, 0.1) is 0 Å². The van der Waals surface area contributed by atoms with Gasteiger partial charge in [-0.2, -0.15) is 0 Å². The minimum atomic E-state index is 0.0419. The molecule has 3 N–H and O–H groups in total. The number of aliphatic hydroxyl groups excluding tert-OH is 3. The van der Waals surface area contributed by atoms with Crippen LogP contribution in [0.5, 0.6) is 0 Å². The highest BCUT2D eigenvalue weighted by atomic mass is 16.3. The second-order valence-corrected chi connectivity index (χ2v) is 9.25. The van der Waals surface area contributed by atoms with Crippen LogP contribution in [0.1, 0.15) is 36.0 Å². The molecule has 0 spiro atoms. The van der Waals surface area contributed by atoms with Crippen LogP contribution >= 0.6 is 0 Å². The van der Waals surface area contributed by atoms with Crippen molar-refractivity contribution in [2.24, 2.45) is 0 Å². The van der Waals surface area contributed by atoms with E-state index in [0.29, 0.717) is 19.6 Å². The van der Waals surface area contributed by atoms with E-state index in [1.807, 2.05) is 19.0 Å². The van der Waals surface area contributed by atoms with Crippen LogP contribution in [0.25, 0.3) is 0 Å². The van der Waals surface area contributed by atoms with E-state index in [1.165, 1.54) is 16.7 Å². The first-order valence-electron chi connectivity index (χ1n) is 12.8. The van der Waals surface area contributed by atoms with Crippen molar-refractivity contribution in [3.63, 3.8) is 0 Å². The second-order valence-electron chi connectivity index (χ2n) is 9.25. The second kappa shape index (κ2) is 13.9. The Balaban J connectivity index is 1.98. The summed E-state index contributed by atoms with van der Waals surface area (Å²) in [5, 5.41) is 28.3. The predicted octanol–water partition coefficient (Wildman–Crippen LogP) is 3.93. The van der Waals surface area contributed by atoms with Crippen molar-refractivity contribution < 1.29 is 15.3 Å². The summed E-state index contributed by atoms with van der Waals surface area (Å²) in [6.07, 6.45) is 1.03. The molecule has 0 aliphatic rings. The normalized spacial score (nSPS) is 11.8. The number of aliphatic hydroxyl groups is 3. The molecule has 3 aromatic rings. The van der Waals surface area contributed by atoms with E-state index in [1.54, 1.807) is 0 Å². The summed E-state index contributed by atoms with van der Waals surface area (Å²) in [5.41, 5.74) is 6.86. The number of benzene rings is 3. The van der Waals surface area contributed by atoms with Gasteiger partial charge >= 0.3 is 0 Å². The SMILES string of the molecule is CCCN(CCO)c1ccc(C(c2ccc(N(C)C)cc2)c2ccc(N(CCO)CCO)cc2)cc1. The van der Waals surface area contributed by atoms with Gasteiger partial charge in [0.05, 0.1) is 19.8 Å². The van der Waals surface area contributed by atoms with Gasteiger partial charge in [-0.3, -0.25) is 0 Å². The van der Waals surface area contributed by atoms with Crippen LogP contribution in [0.4, 0.5) is 17.1 Å². The third-order valence-electron chi connectivity index (χ3n) is 6.53. The van der Waals surface area contributed by atoms with Crippen LogP contribution in [-0.2, 0) is 0 Å². The average molecular weight is 492 g/mol. The van der Waals surface area contributed by atoms with Crippen molar-refractivity contribution in [1.82, 2.24) is 0 Å². The molecule has 0 fully saturated rings. The maximum atomic E-state index is 9.48. The van der Waals surface area contributed by atoms with Crippen molar-refractivity contribution in [1.29, 1.82) is 0 Å². The molecule has 0 heterocycles. The van der Waals surface area contributed by atoms with E-state index in [0.717, 1.165) is 30.0 Å². The number of hydrogen-bond donors (Lipinski definition) is 3. The largest absolute Gasteiger partial charge is 0.395 e. The zero-order valence-electron chi connectivity index (χ0n) is 21.8. The first kappa shape index (κ1) is 27.5. The fourth-order valence-electron chi connectivity index (χ4n) is 4.67. The number of rotatable bonds is 14. The summed E-state index contributed by atoms with van der Waals surface area (Å²) >= 11 is 0. The number of anilines is 3. The van der Waals surface area contributed by atoms with Crippen LogP contribution in [-0.4, -0.2) is 75.4 Å². The van der Waals surface area contributed by atoms with Crippen molar-refractivity contribution in [3.05, 3.63) is 89.5 Å². The Morgan fingerprint density at radius 1 is 0.528 bits per heavy atom. The van der Waals surface area contributed by atoms with E-state index in [2.05, 4.69) is 89.5 Å². The lowest BCUT2D eigenvalue weighted by Crippen LogP contribution is -2.29. The third-order valence-corrected chi connectivity index (χ3v) is 6.53. The Morgan fingerprint density at radius 3 is 1.17 bits per heavy atom. The Bertz CT molecular complexity index is 949. The summed E-state index contributed by atoms with van der Waals surface area (Å²) in [5.74, 6) is 0.0610. The van der Waals surface area contributed by atoms with Gasteiger partial charge in [-0.25, -0.2) is 0 Å². The summed E-state index contributed by atoms with van der Waals surface area (Å²) in [7, 11) is 4.09. The van der Waals surface area contributed by atoms with Crippen molar-refractivity contribution in [3.8, 4) is 0 Å². The van der Waals surface area contributed by atoms with Gasteiger partial charge in [-0.05, 0) is 59.5 Å². The molecule has 1 atom stereocenters. The van der Waals surface area contributed by atoms with E-state index in [4.69, 9.17) is 0 Å². The Kier molecular flexibility index (Phi) is 10.6. The van der Waals surface area contributed by atoms with Crippen molar-refractivity contribution >= 4 is 17.1 Å². The average Bonchev–Trinajstić information content (AvgIpc) is 2.90. The van der Waals surface area contributed by atoms with Crippen LogP contribution in [0.3, 0.4) is 0 Å². The Hall–Kier alpha value is -3.06. The molecule has 3 aromatic carbocycles. The molecule has 1 unspecified atom stereocenters. The first-order chi connectivity index (χ1) is 17.5. The molecule has 0 saturated heterocycles. The molecule has 194 valence electrons. The maximum Gasteiger partial charge on any atom is 0.0606 e. The van der Waals surface area contributed by atoms with E-state index < -0.39 is 0 Å². The molecule has 0 aliphatic heterocycles. The van der Waals surface area contributed by atoms with E-state index in [9.17, 15) is 15.3 Å². The molecule has 3 rings (SSSR count). The monoisotopic (exact) mass is 491 g/mol. The van der Waals surface area contributed by atoms with Gasteiger partial charge in [0.1, 0.15) is 0 Å². The van der Waals surface area contributed by atoms with Crippen molar-refractivity contribution in [2.45, 2.75) is 19.3 Å². The minimum absolute atomic E-state index is 0.0419. The van der Waals surface area contributed by atoms with Gasteiger partial charge in [0.2, 0.25) is 0 Å². The van der Waals surface area contributed by atoms with Gasteiger partial charge in [0.15, 0.2) is 0 Å². The molecular weight excluding hydrogens is 450 g/mol. The molecular formula is C30H41N3O3. The molecule has 0 amide bonds. The summed E-state index contributed by atoms with van der Waals surface area (Å²) in [6, 6.07) is 25.8. The first-order valence-corrected chi connectivity index (χ1v) is 12.8. The molecule has 0 radical (unpaired) electrons. The lowest BCUT2D eigenvalue weighted by molar-refractivity contribution is 0.281. The molecule has 0 bridgehead atoms. The maximum absolute atomic E-state index is 9.48. The third kappa shape index (κ3) is 7.00. The standard InChI is InChI=1S/C30H41N3O3/c1-4-17-32(18-21-34)28-13-7-25(8-14-28)30(24-5-11-27(12-6-24)31(2)3)26-9-15-29(16-10-26)33(19-22-35)20-23-36/h5-16,30,34-36H,4,17-23H2,1-3H3. The molecule has 0 saturated carbocycles. The van der Waals surface area contributed by atoms with Gasteiger partial charge < -0.3 is 30.0 Å². The predicted molar refractivity (Wildman–Crippen MR) is 151 cm³/mol. The zero-order valence-corrected chi connectivity index (χ0v) is 21.8. The molecule has 0 aliphatic carbocycles. The quantitative estimate of drug-likeness (QED) is 0.297. The smallest absolute Gasteiger partial charge is 0.0606 e. The highest BCUT2D eigenvalue weighted by molar-refractivity contribution is 5.56. The molecule has 6 nitrogen and oxygen atoms in total. The van der Waals surface area contributed by atoms with Crippen LogP contribution in [0.2, 0.25) is 0 Å². The number of hydrogen-bond acceptors (Lipinski definition) is 6. The Labute approximate surface area is 216 Å². The number of nitrogens with zero attached hydrogens (tertiary/aromatic N) is 3. The van der Waals surface area contributed by atoms with E-state index in [-0.39, 0.29) is 25.7 Å². The highest BCUT2D eigenvalue weighted by Gasteiger charge is 2.18. The fourth-order valence-corrected chi connectivity index (χ4v) is 4.67. The van der Waals surface area contributed by atoms with Gasteiger partial charge in [0.25, 0.3) is 0 Å². The van der Waals surface area contributed by atoms with Gasteiger partial charge in [-0.1, -0.05) is 43.3 Å². The van der Waals surface area contributed by atoms with Gasteiger partial charge in [-0.15, -0.1) is 0 Å². The molecule has 0 aromatic heterocycles. The highest BCUT2D eigenvalue weighted by Crippen LogP contribution is 2.35. The fraction of sp³-hybridized carbons (Fsp3) is 0.400. The van der Waals surface area contributed by atoms with Gasteiger partial charge in [0, 0.05) is 63.3 Å². The van der Waals surface area contributed by atoms with E-state index >= 15 is 0 Å². The summed E-state index contributed by atoms with van der Waals surface area (Å²) in [4.78, 5) is 6.31. The molecule has 6 heteroatoms. The Morgan fingerprint density at radius 2 is 0.861 bits per heavy atom. The lowest BCUT2D eigenvalue weighted by atomic mass is 9.85. The zero-order chi connectivity index (χ0) is 25.9.